The Hall–Kier alpha value is -3.75. The molecular weight excluding hydrogens is 376 g/mol. The molecular formula is C20H20N4O5. The van der Waals surface area contributed by atoms with Gasteiger partial charge in [0.05, 0.1) is 13.2 Å². The van der Waals surface area contributed by atoms with E-state index >= 15 is 0 Å². The molecule has 0 aliphatic carbocycles. The van der Waals surface area contributed by atoms with Gasteiger partial charge in [0.1, 0.15) is 12.1 Å². The Morgan fingerprint density at radius 3 is 2.55 bits per heavy atom. The Labute approximate surface area is 166 Å². The van der Waals surface area contributed by atoms with E-state index in [4.69, 9.17) is 4.74 Å². The summed E-state index contributed by atoms with van der Waals surface area (Å²) < 4.78 is 5.14. The maximum absolute atomic E-state index is 12.7. The second-order valence-electron chi connectivity index (χ2n) is 6.91. The minimum atomic E-state index is -0.824. The average Bonchev–Trinajstić information content (AvgIpc) is 2.71. The first-order chi connectivity index (χ1) is 14.0. The van der Waals surface area contributed by atoms with Gasteiger partial charge in [0, 0.05) is 6.54 Å². The normalized spacial score (nSPS) is 23.6. The van der Waals surface area contributed by atoms with Gasteiger partial charge in [-0.05, 0) is 23.3 Å². The first-order valence-corrected chi connectivity index (χ1v) is 9.07. The molecule has 4 N–H and O–H groups in total. The van der Waals surface area contributed by atoms with Gasteiger partial charge in [0.2, 0.25) is 5.91 Å². The molecule has 2 aromatic carbocycles. The van der Waals surface area contributed by atoms with Gasteiger partial charge in [-0.3, -0.25) is 15.0 Å². The van der Waals surface area contributed by atoms with Gasteiger partial charge in [0.25, 0.3) is 0 Å². The van der Waals surface area contributed by atoms with E-state index in [2.05, 4.69) is 16.0 Å². The lowest BCUT2D eigenvalue weighted by atomic mass is 9.86. The number of nitrogens with one attached hydrogen (secondary N) is 3. The van der Waals surface area contributed by atoms with Crippen LogP contribution in [0.5, 0.6) is 11.5 Å². The number of amides is 5. The molecule has 3 unspecified atom stereocenters. The number of benzene rings is 2. The number of nitrogens with zero attached hydrogens (tertiary/aromatic N) is 1. The van der Waals surface area contributed by atoms with E-state index < -0.39 is 36.1 Å². The Bertz CT molecular complexity index is 965. The maximum atomic E-state index is 12.7. The first kappa shape index (κ1) is 18.6. The molecule has 2 heterocycles. The van der Waals surface area contributed by atoms with Crippen molar-refractivity contribution >= 4 is 18.0 Å². The molecule has 4 rings (SSSR count). The van der Waals surface area contributed by atoms with Gasteiger partial charge in [0.15, 0.2) is 11.5 Å². The van der Waals surface area contributed by atoms with Crippen molar-refractivity contribution < 1.29 is 24.2 Å². The first-order valence-electron chi connectivity index (χ1n) is 9.07. The Morgan fingerprint density at radius 2 is 1.83 bits per heavy atom. The van der Waals surface area contributed by atoms with E-state index in [0.29, 0.717) is 5.56 Å². The molecule has 2 saturated heterocycles. The molecule has 5 amide bonds. The number of aromatic hydroxyl groups is 1. The van der Waals surface area contributed by atoms with Gasteiger partial charge in [-0.1, -0.05) is 36.4 Å². The highest BCUT2D eigenvalue weighted by molar-refractivity contribution is 6.00. The van der Waals surface area contributed by atoms with Crippen LogP contribution in [-0.4, -0.2) is 41.3 Å². The molecule has 2 aromatic rings. The van der Waals surface area contributed by atoms with E-state index in [1.54, 1.807) is 12.1 Å². The number of carbonyl (C=O) groups is 3. The third-order valence-corrected chi connectivity index (χ3v) is 5.15. The molecule has 2 fully saturated rings. The van der Waals surface area contributed by atoms with Crippen molar-refractivity contribution in [1.29, 1.82) is 0 Å². The number of methoxy groups -OCH3 is 1. The highest BCUT2D eigenvalue weighted by atomic mass is 16.5. The summed E-state index contributed by atoms with van der Waals surface area (Å²) >= 11 is 0. The van der Waals surface area contributed by atoms with Crippen LogP contribution in [0.25, 0.3) is 0 Å². The van der Waals surface area contributed by atoms with Crippen molar-refractivity contribution in [1.82, 2.24) is 20.9 Å². The third kappa shape index (κ3) is 3.42. The van der Waals surface area contributed by atoms with Crippen LogP contribution >= 0.6 is 0 Å². The largest absolute Gasteiger partial charge is 0.504 e. The third-order valence-electron chi connectivity index (χ3n) is 5.15. The highest BCUT2D eigenvalue weighted by Gasteiger charge is 2.50. The van der Waals surface area contributed by atoms with Crippen LogP contribution in [0.4, 0.5) is 9.59 Å². The number of urea groups is 2. The number of ether oxygens (including phenoxy) is 1. The Balaban J connectivity index is 1.70. The fraction of sp³-hybridized carbons (Fsp3) is 0.250. The molecule has 0 radical (unpaired) electrons. The van der Waals surface area contributed by atoms with E-state index in [0.717, 1.165) is 5.56 Å². The maximum Gasteiger partial charge on any atom is 0.326 e. The van der Waals surface area contributed by atoms with Crippen LogP contribution in [0.3, 0.4) is 0 Å². The quantitative estimate of drug-likeness (QED) is 0.624. The number of hydrogen-bond donors (Lipinski definition) is 4. The Kier molecular flexibility index (Phi) is 4.71. The lowest BCUT2D eigenvalue weighted by Crippen LogP contribution is -2.71. The smallest absolute Gasteiger partial charge is 0.326 e. The monoisotopic (exact) mass is 396 g/mol. The van der Waals surface area contributed by atoms with Crippen molar-refractivity contribution in [3.8, 4) is 11.5 Å². The van der Waals surface area contributed by atoms with Crippen molar-refractivity contribution in [3.05, 3.63) is 59.7 Å². The average molecular weight is 396 g/mol. The van der Waals surface area contributed by atoms with Crippen LogP contribution < -0.4 is 20.7 Å². The highest BCUT2D eigenvalue weighted by Crippen LogP contribution is 2.36. The zero-order chi connectivity index (χ0) is 20.5. The lowest BCUT2D eigenvalue weighted by Gasteiger charge is -2.46. The number of fused-ring (bicyclic) bond motifs is 1. The van der Waals surface area contributed by atoms with Gasteiger partial charge >= 0.3 is 12.1 Å². The minimum Gasteiger partial charge on any atom is -0.504 e. The van der Waals surface area contributed by atoms with E-state index in [9.17, 15) is 19.5 Å². The van der Waals surface area contributed by atoms with Crippen LogP contribution in [-0.2, 0) is 11.3 Å². The number of phenols is 1. The summed E-state index contributed by atoms with van der Waals surface area (Å²) in [6, 6.07) is 12.1. The summed E-state index contributed by atoms with van der Waals surface area (Å²) in [4.78, 5) is 39.0. The topological polar surface area (TPSA) is 120 Å². The van der Waals surface area contributed by atoms with Crippen LogP contribution in [0.1, 0.15) is 17.2 Å². The molecule has 150 valence electrons. The van der Waals surface area contributed by atoms with Gasteiger partial charge < -0.3 is 20.5 Å². The van der Waals surface area contributed by atoms with Gasteiger partial charge in [-0.25, -0.2) is 9.59 Å². The molecule has 9 heteroatoms. The molecule has 9 nitrogen and oxygen atoms in total. The summed E-state index contributed by atoms with van der Waals surface area (Å²) in [6.07, 6.45) is -0.824. The molecule has 0 spiro atoms. The predicted molar refractivity (Wildman–Crippen MR) is 102 cm³/mol. The van der Waals surface area contributed by atoms with E-state index in [1.165, 1.54) is 18.1 Å². The van der Waals surface area contributed by atoms with Gasteiger partial charge in [-0.2, -0.15) is 0 Å². The zero-order valence-corrected chi connectivity index (χ0v) is 15.6. The van der Waals surface area contributed by atoms with E-state index in [-0.39, 0.29) is 18.0 Å². The molecule has 2 aliphatic heterocycles. The second kappa shape index (κ2) is 7.34. The standard InChI is InChI=1S/C20H20N4O5/c1-29-14-9-12(7-8-13(14)25)16-15-17(22-19(27)21-16)24(20(28)23-18(15)26)10-11-5-3-2-4-6-11/h2-9,15-17,25H,10H2,1H3,(H2,21,22,27)(H,23,26,28). The number of rotatable bonds is 4. The van der Waals surface area contributed by atoms with Crippen molar-refractivity contribution in [2.24, 2.45) is 5.92 Å². The molecule has 0 aromatic heterocycles. The molecule has 0 saturated carbocycles. The summed E-state index contributed by atoms with van der Waals surface area (Å²) in [5, 5.41) is 17.7. The fourth-order valence-corrected chi connectivity index (χ4v) is 3.76. The second-order valence-corrected chi connectivity index (χ2v) is 6.91. The SMILES string of the molecule is COc1cc(C2NC(=O)NC3C2C(=O)NC(=O)N3Cc2ccccc2)ccc1O. The number of phenolic OH excluding ortho intramolecular Hbond substituents is 1. The van der Waals surface area contributed by atoms with Crippen molar-refractivity contribution in [2.45, 2.75) is 18.8 Å². The van der Waals surface area contributed by atoms with Crippen LogP contribution in [0.15, 0.2) is 48.5 Å². The summed E-state index contributed by atoms with van der Waals surface area (Å²) in [6.45, 7) is 0.229. The lowest BCUT2D eigenvalue weighted by molar-refractivity contribution is -0.130. The number of imide groups is 1. The number of hydrogen-bond acceptors (Lipinski definition) is 5. The Morgan fingerprint density at radius 1 is 1.07 bits per heavy atom. The van der Waals surface area contributed by atoms with Crippen LogP contribution in [0, 0.1) is 5.92 Å². The molecule has 3 atom stereocenters. The van der Waals surface area contributed by atoms with Crippen molar-refractivity contribution in [2.75, 3.05) is 7.11 Å². The zero-order valence-electron chi connectivity index (χ0n) is 15.6. The fourth-order valence-electron chi connectivity index (χ4n) is 3.76. The van der Waals surface area contributed by atoms with E-state index in [1.807, 2.05) is 30.3 Å². The van der Waals surface area contributed by atoms with Crippen LogP contribution in [0.2, 0.25) is 0 Å². The molecule has 2 aliphatic rings. The summed E-state index contributed by atoms with van der Waals surface area (Å²) in [5.74, 6) is -1.10. The van der Waals surface area contributed by atoms with Gasteiger partial charge in [-0.15, -0.1) is 0 Å². The summed E-state index contributed by atoms with van der Waals surface area (Å²) in [7, 11) is 1.41. The predicted octanol–water partition coefficient (Wildman–Crippen LogP) is 1.45. The number of carbonyl (C=O) groups excluding carboxylic acids is 3. The minimum absolute atomic E-state index is 0.0537. The molecule has 0 bridgehead atoms. The van der Waals surface area contributed by atoms with Crippen molar-refractivity contribution in [3.63, 3.8) is 0 Å². The summed E-state index contributed by atoms with van der Waals surface area (Å²) in [5.41, 5.74) is 1.44. The molecule has 29 heavy (non-hydrogen) atoms.